The summed E-state index contributed by atoms with van der Waals surface area (Å²) in [5, 5.41) is 8.53. The van der Waals surface area contributed by atoms with Crippen molar-refractivity contribution in [2.75, 3.05) is 0 Å². The molecule has 1 saturated carbocycles. The van der Waals surface area contributed by atoms with Gasteiger partial charge in [-0.3, -0.25) is 14.4 Å². The van der Waals surface area contributed by atoms with Crippen molar-refractivity contribution in [3.8, 4) is 0 Å². The molecule has 0 aromatic heterocycles. The third-order valence-electron chi connectivity index (χ3n) is 6.97. The number of hydrogen-bond donors (Lipinski definition) is 3. The Balaban J connectivity index is 1.37. The Morgan fingerprint density at radius 3 is 2.43 bits per heavy atom. The molecule has 2 fully saturated rings. The summed E-state index contributed by atoms with van der Waals surface area (Å²) in [6.07, 6.45) is 1.73. The number of amides is 3. The summed E-state index contributed by atoms with van der Waals surface area (Å²) in [6, 6.07) is 8.51. The molecule has 9 heteroatoms. The van der Waals surface area contributed by atoms with E-state index in [0.717, 1.165) is 31.2 Å². The van der Waals surface area contributed by atoms with Crippen LogP contribution in [0.3, 0.4) is 0 Å². The van der Waals surface area contributed by atoms with Gasteiger partial charge >= 0.3 is 12.1 Å². The van der Waals surface area contributed by atoms with Crippen molar-refractivity contribution in [2.45, 2.75) is 84.2 Å². The number of benzene rings is 1. The van der Waals surface area contributed by atoms with Gasteiger partial charge in [-0.2, -0.15) is 0 Å². The van der Waals surface area contributed by atoms with Gasteiger partial charge in [0.25, 0.3) is 5.91 Å². The zero-order chi connectivity index (χ0) is 25.5. The summed E-state index contributed by atoms with van der Waals surface area (Å²) >= 11 is 0. The minimum atomic E-state index is -0.743. The highest BCUT2D eigenvalue weighted by Gasteiger charge is 2.51. The van der Waals surface area contributed by atoms with Gasteiger partial charge in [0.05, 0.1) is 0 Å². The predicted molar refractivity (Wildman–Crippen MR) is 129 cm³/mol. The van der Waals surface area contributed by atoms with Crippen LogP contribution < -0.4 is 16.0 Å². The van der Waals surface area contributed by atoms with Gasteiger partial charge < -0.3 is 25.4 Å². The zero-order valence-electron chi connectivity index (χ0n) is 20.9. The van der Waals surface area contributed by atoms with Gasteiger partial charge in [-0.1, -0.05) is 57.5 Å². The number of nitrogens with one attached hydrogen (secondary N) is 3. The number of esters is 1. The second-order valence-corrected chi connectivity index (χ2v) is 9.66. The zero-order valence-corrected chi connectivity index (χ0v) is 20.9. The molecule has 0 spiro atoms. The predicted octanol–water partition coefficient (Wildman–Crippen LogP) is 2.68. The molecule has 3 amide bonds. The maximum absolute atomic E-state index is 12.6. The number of cyclic esters (lactones) is 1. The lowest BCUT2D eigenvalue weighted by Gasteiger charge is -2.37. The summed E-state index contributed by atoms with van der Waals surface area (Å²) in [4.78, 5) is 48.9. The quantitative estimate of drug-likeness (QED) is 0.390. The second kappa shape index (κ2) is 12.0. The molecule has 2 aliphatic rings. The lowest BCUT2D eigenvalue weighted by molar-refractivity contribution is -0.193. The van der Waals surface area contributed by atoms with Crippen LogP contribution in [0.2, 0.25) is 0 Å². The third kappa shape index (κ3) is 7.19. The molecule has 1 aromatic rings. The average Bonchev–Trinajstić information content (AvgIpc) is 3.57. The number of hydrogen-bond acceptors (Lipinski definition) is 6. The third-order valence-corrected chi connectivity index (χ3v) is 6.97. The number of carbonyl (C=O) groups excluding carboxylic acids is 4. The van der Waals surface area contributed by atoms with Crippen LogP contribution in [0.4, 0.5) is 4.79 Å². The van der Waals surface area contributed by atoms with E-state index in [2.05, 4.69) is 16.0 Å². The Hall–Kier alpha value is -3.10. The van der Waals surface area contributed by atoms with Gasteiger partial charge in [0.1, 0.15) is 18.6 Å². The highest BCUT2D eigenvalue weighted by molar-refractivity contribution is 5.94. The fraction of sp³-hybridized carbons (Fsp3) is 0.615. The monoisotopic (exact) mass is 487 g/mol. The summed E-state index contributed by atoms with van der Waals surface area (Å²) < 4.78 is 10.3. The topological polar surface area (TPSA) is 123 Å². The van der Waals surface area contributed by atoms with Crippen LogP contribution in [0.25, 0.3) is 0 Å². The van der Waals surface area contributed by atoms with Crippen molar-refractivity contribution >= 4 is 23.9 Å². The van der Waals surface area contributed by atoms with E-state index in [1.165, 1.54) is 0 Å². The van der Waals surface area contributed by atoms with Gasteiger partial charge in [0.2, 0.25) is 5.91 Å². The summed E-state index contributed by atoms with van der Waals surface area (Å²) in [7, 11) is 0. The van der Waals surface area contributed by atoms with Crippen LogP contribution in [-0.4, -0.2) is 48.1 Å². The Kier molecular flexibility index (Phi) is 9.12. The Morgan fingerprint density at radius 2 is 1.80 bits per heavy atom. The molecule has 1 heterocycles. The first-order chi connectivity index (χ1) is 16.7. The summed E-state index contributed by atoms with van der Waals surface area (Å²) in [5.74, 6) is -0.826. The molecule has 7 atom stereocenters. The molecule has 35 heavy (non-hydrogen) atoms. The minimum Gasteiger partial charge on any atom is -0.451 e. The molecule has 1 saturated heterocycles. The molecule has 0 bridgehead atoms. The molecule has 0 radical (unpaired) electrons. The van der Waals surface area contributed by atoms with E-state index >= 15 is 0 Å². The van der Waals surface area contributed by atoms with Gasteiger partial charge in [-0.05, 0) is 43.6 Å². The van der Waals surface area contributed by atoms with Crippen molar-refractivity contribution in [1.82, 2.24) is 16.0 Å². The van der Waals surface area contributed by atoms with E-state index in [9.17, 15) is 19.2 Å². The number of carbonyl (C=O) groups is 4. The number of ether oxygens (including phenoxy) is 2. The van der Waals surface area contributed by atoms with Crippen LogP contribution >= 0.6 is 0 Å². The molecular formula is C26H37N3O6. The van der Waals surface area contributed by atoms with Crippen LogP contribution in [0.1, 0.15) is 58.9 Å². The van der Waals surface area contributed by atoms with Gasteiger partial charge in [0, 0.05) is 12.1 Å². The van der Waals surface area contributed by atoms with Crippen molar-refractivity contribution in [1.29, 1.82) is 0 Å². The fourth-order valence-electron chi connectivity index (χ4n) is 4.31. The minimum absolute atomic E-state index is 0.0221. The molecule has 1 aliphatic carbocycles. The first-order valence-electron chi connectivity index (χ1n) is 12.5. The van der Waals surface area contributed by atoms with Gasteiger partial charge in [-0.15, -0.1) is 0 Å². The van der Waals surface area contributed by atoms with Crippen molar-refractivity contribution in [3.05, 3.63) is 35.9 Å². The highest BCUT2D eigenvalue weighted by Crippen LogP contribution is 2.37. The lowest BCUT2D eigenvalue weighted by atomic mass is 9.83. The fourth-order valence-corrected chi connectivity index (χ4v) is 4.31. The SMILES string of the molecule is CC[C@H](C[C@@H]1C[C@@H]1NC(=O)[C@@H]1OC(=O)[C@H]1[C@@H](C)CC)NC(=O)[C@H](C)NC(=O)OCc1ccccc1. The first kappa shape index (κ1) is 26.5. The van der Waals surface area contributed by atoms with E-state index in [1.54, 1.807) is 6.92 Å². The van der Waals surface area contributed by atoms with Crippen molar-refractivity contribution in [3.63, 3.8) is 0 Å². The standard InChI is InChI=1S/C26H37N3O6/c1-5-15(3)21-22(35-25(21)32)24(31)29-20-13-18(20)12-19(6-2)28-23(30)16(4)27-26(33)34-14-17-10-8-7-9-11-17/h7-11,15-16,18-22H,5-6,12-14H2,1-4H3,(H,27,33)(H,28,30)(H,29,31)/t15-,16-,18+,19+,20-,21-,22+/m0/s1. The van der Waals surface area contributed by atoms with E-state index in [-0.39, 0.29) is 54.2 Å². The number of alkyl carbamates (subject to hydrolysis) is 1. The van der Waals surface area contributed by atoms with Crippen molar-refractivity contribution < 1.29 is 28.7 Å². The van der Waals surface area contributed by atoms with Crippen molar-refractivity contribution in [2.24, 2.45) is 17.8 Å². The molecule has 0 unspecified atom stereocenters. The van der Waals surface area contributed by atoms with Crippen LogP contribution in [0.5, 0.6) is 0 Å². The first-order valence-corrected chi connectivity index (χ1v) is 12.5. The largest absolute Gasteiger partial charge is 0.451 e. The summed E-state index contributed by atoms with van der Waals surface area (Å²) in [6.45, 7) is 7.67. The second-order valence-electron chi connectivity index (χ2n) is 9.66. The van der Waals surface area contributed by atoms with E-state index in [1.807, 2.05) is 51.1 Å². The maximum atomic E-state index is 12.6. The highest BCUT2D eigenvalue weighted by atomic mass is 16.6. The smallest absolute Gasteiger partial charge is 0.408 e. The van der Waals surface area contributed by atoms with Crippen LogP contribution in [0.15, 0.2) is 30.3 Å². The van der Waals surface area contributed by atoms with Crippen LogP contribution in [0, 0.1) is 17.8 Å². The molecule has 3 rings (SSSR count). The average molecular weight is 488 g/mol. The summed E-state index contributed by atoms with van der Waals surface area (Å²) in [5.41, 5.74) is 0.864. The molecule has 3 N–H and O–H groups in total. The Bertz CT molecular complexity index is 908. The molecular weight excluding hydrogens is 450 g/mol. The van der Waals surface area contributed by atoms with Crippen LogP contribution in [-0.2, 0) is 30.5 Å². The van der Waals surface area contributed by atoms with E-state index in [4.69, 9.17) is 9.47 Å². The van der Waals surface area contributed by atoms with Gasteiger partial charge in [-0.25, -0.2) is 4.79 Å². The maximum Gasteiger partial charge on any atom is 0.408 e. The van der Waals surface area contributed by atoms with E-state index < -0.39 is 18.2 Å². The van der Waals surface area contributed by atoms with E-state index in [0.29, 0.717) is 0 Å². The molecule has 1 aliphatic heterocycles. The number of rotatable bonds is 12. The Labute approximate surface area is 206 Å². The van der Waals surface area contributed by atoms with Gasteiger partial charge in [0.15, 0.2) is 6.10 Å². The molecule has 9 nitrogen and oxygen atoms in total. The Morgan fingerprint density at radius 1 is 1.09 bits per heavy atom. The normalized spacial score (nSPS) is 25.2. The lowest BCUT2D eigenvalue weighted by Crippen LogP contribution is -2.56. The molecule has 1 aromatic carbocycles. The molecule has 192 valence electrons.